The molecule has 0 saturated carbocycles. The van der Waals surface area contributed by atoms with E-state index in [0.29, 0.717) is 12.6 Å². The van der Waals surface area contributed by atoms with E-state index in [2.05, 4.69) is 21.2 Å². The van der Waals surface area contributed by atoms with E-state index in [0.717, 1.165) is 43.7 Å². The quantitative estimate of drug-likeness (QED) is 0.848. The van der Waals surface area contributed by atoms with Crippen LogP contribution in [0.25, 0.3) is 0 Å². The lowest BCUT2D eigenvalue weighted by Crippen LogP contribution is -2.48. The molecule has 4 rings (SSSR count). The molecular formula is C20H24N4O2. The van der Waals surface area contributed by atoms with Gasteiger partial charge in [0.25, 0.3) is 5.91 Å². The molecule has 1 fully saturated rings. The topological polar surface area (TPSA) is 58.6 Å². The van der Waals surface area contributed by atoms with Gasteiger partial charge in [0.15, 0.2) is 11.9 Å². The first-order valence-electron chi connectivity index (χ1n) is 9.23. The monoisotopic (exact) mass is 352 g/mol. The van der Waals surface area contributed by atoms with Crippen LogP contribution in [0.2, 0.25) is 0 Å². The lowest BCUT2D eigenvalue weighted by molar-refractivity contribution is -0.146. The molecule has 2 aromatic rings. The number of aromatic nitrogens is 2. The predicted octanol–water partition coefficient (Wildman–Crippen LogP) is 2.22. The van der Waals surface area contributed by atoms with Crippen molar-refractivity contribution in [2.75, 3.05) is 31.6 Å². The van der Waals surface area contributed by atoms with Gasteiger partial charge in [0.1, 0.15) is 0 Å². The molecule has 6 heteroatoms. The van der Waals surface area contributed by atoms with Gasteiger partial charge in [-0.3, -0.25) is 4.79 Å². The molecule has 6 nitrogen and oxygen atoms in total. The van der Waals surface area contributed by atoms with Crippen molar-refractivity contribution >= 4 is 11.7 Å². The Bertz CT molecular complexity index is 759. The summed E-state index contributed by atoms with van der Waals surface area (Å²) in [6.07, 6.45) is 3.96. The number of rotatable bonds is 3. The molecule has 1 atom stereocenters. The van der Waals surface area contributed by atoms with Crippen LogP contribution in [-0.2, 0) is 16.0 Å². The highest BCUT2D eigenvalue weighted by molar-refractivity contribution is 5.83. The molecule has 1 saturated heterocycles. The minimum absolute atomic E-state index is 0.0951. The fourth-order valence-electron chi connectivity index (χ4n) is 3.91. The highest BCUT2D eigenvalue weighted by Crippen LogP contribution is 2.30. The van der Waals surface area contributed by atoms with E-state index in [9.17, 15) is 4.79 Å². The molecule has 0 aliphatic carbocycles. The summed E-state index contributed by atoms with van der Waals surface area (Å²) in [5.74, 6) is 0.972. The number of anilines is 1. The molecular weight excluding hydrogens is 328 g/mol. The number of benzene rings is 1. The third-order valence-corrected chi connectivity index (χ3v) is 5.46. The maximum Gasteiger partial charge on any atom is 0.256 e. The Balaban J connectivity index is 1.40. The number of carbonyl (C=O) groups excluding carboxylic acids is 1. The second-order valence-electron chi connectivity index (χ2n) is 6.95. The second kappa shape index (κ2) is 7.41. The molecule has 26 heavy (non-hydrogen) atoms. The second-order valence-corrected chi connectivity index (χ2v) is 6.95. The molecule has 2 aliphatic rings. The Morgan fingerprint density at radius 3 is 2.77 bits per heavy atom. The Morgan fingerprint density at radius 1 is 1.19 bits per heavy atom. The summed E-state index contributed by atoms with van der Waals surface area (Å²) in [6, 6.07) is 12.4. The van der Waals surface area contributed by atoms with Crippen molar-refractivity contribution in [2.45, 2.75) is 31.4 Å². The van der Waals surface area contributed by atoms with Crippen molar-refractivity contribution < 1.29 is 9.53 Å². The van der Waals surface area contributed by atoms with Crippen molar-refractivity contribution in [1.29, 1.82) is 0 Å². The lowest BCUT2D eigenvalue weighted by Gasteiger charge is -2.39. The van der Waals surface area contributed by atoms with Crippen LogP contribution < -0.4 is 4.90 Å². The Kier molecular flexibility index (Phi) is 4.84. The molecule has 1 aromatic heterocycles. The highest BCUT2D eigenvalue weighted by atomic mass is 16.5. The average Bonchev–Trinajstić information content (AvgIpc) is 2.73. The average molecular weight is 352 g/mol. The van der Waals surface area contributed by atoms with E-state index in [1.165, 1.54) is 5.56 Å². The van der Waals surface area contributed by atoms with E-state index in [4.69, 9.17) is 4.74 Å². The van der Waals surface area contributed by atoms with Crippen LogP contribution in [0.3, 0.4) is 0 Å². The van der Waals surface area contributed by atoms with Crippen LogP contribution >= 0.6 is 0 Å². The van der Waals surface area contributed by atoms with Gasteiger partial charge in [0, 0.05) is 32.4 Å². The molecule has 1 unspecified atom stereocenters. The molecule has 0 spiro atoms. The standard InChI is InChI=1S/C20H24N4O2/c1-23(18-7-4-11-21-22-18)16-8-12-24(13-9-16)20(25)19-17-6-3-2-5-15(17)10-14-26-19/h2-7,11,16,19H,8-10,12-14H2,1H3. The molecule has 2 aliphatic heterocycles. The summed E-state index contributed by atoms with van der Waals surface area (Å²) in [6.45, 7) is 2.10. The van der Waals surface area contributed by atoms with Crippen LogP contribution in [0.5, 0.6) is 0 Å². The van der Waals surface area contributed by atoms with Gasteiger partial charge in [0.2, 0.25) is 0 Å². The Labute approximate surface area is 153 Å². The van der Waals surface area contributed by atoms with Crippen LogP contribution in [0, 0.1) is 0 Å². The van der Waals surface area contributed by atoms with E-state index in [1.54, 1.807) is 6.20 Å². The normalized spacial score (nSPS) is 20.5. The van der Waals surface area contributed by atoms with Gasteiger partial charge in [-0.2, -0.15) is 5.10 Å². The van der Waals surface area contributed by atoms with Gasteiger partial charge >= 0.3 is 0 Å². The fourth-order valence-corrected chi connectivity index (χ4v) is 3.91. The zero-order valence-corrected chi connectivity index (χ0v) is 15.0. The SMILES string of the molecule is CN(c1cccnn1)C1CCN(C(=O)C2OCCc3ccccc32)CC1. The molecule has 3 heterocycles. The lowest BCUT2D eigenvalue weighted by atomic mass is 9.95. The maximum absolute atomic E-state index is 13.0. The Hall–Kier alpha value is -2.47. The molecule has 0 bridgehead atoms. The van der Waals surface area contributed by atoms with Gasteiger partial charge in [-0.25, -0.2) is 0 Å². The number of ether oxygens (including phenoxy) is 1. The number of carbonyl (C=O) groups is 1. The van der Waals surface area contributed by atoms with Crippen LogP contribution in [0.1, 0.15) is 30.1 Å². The van der Waals surface area contributed by atoms with Crippen molar-refractivity contribution in [3.05, 3.63) is 53.7 Å². The molecule has 1 aromatic carbocycles. The van der Waals surface area contributed by atoms with Crippen molar-refractivity contribution in [3.63, 3.8) is 0 Å². The van der Waals surface area contributed by atoms with E-state index in [1.807, 2.05) is 42.3 Å². The third-order valence-electron chi connectivity index (χ3n) is 5.46. The summed E-state index contributed by atoms with van der Waals surface area (Å²) in [5, 5.41) is 8.14. The maximum atomic E-state index is 13.0. The summed E-state index contributed by atoms with van der Waals surface area (Å²) in [4.78, 5) is 17.1. The van der Waals surface area contributed by atoms with Crippen LogP contribution in [-0.4, -0.2) is 53.8 Å². The van der Waals surface area contributed by atoms with Crippen molar-refractivity contribution in [1.82, 2.24) is 15.1 Å². The summed E-state index contributed by atoms with van der Waals surface area (Å²) >= 11 is 0. The van der Waals surface area contributed by atoms with E-state index < -0.39 is 6.10 Å². The minimum Gasteiger partial charge on any atom is -0.363 e. The number of piperidine rings is 1. The fraction of sp³-hybridized carbons (Fsp3) is 0.450. The van der Waals surface area contributed by atoms with Gasteiger partial charge < -0.3 is 14.5 Å². The number of hydrogen-bond acceptors (Lipinski definition) is 5. The summed E-state index contributed by atoms with van der Waals surface area (Å²) in [7, 11) is 2.05. The van der Waals surface area contributed by atoms with Crippen LogP contribution in [0.15, 0.2) is 42.6 Å². The molecule has 136 valence electrons. The highest BCUT2D eigenvalue weighted by Gasteiger charge is 2.33. The third kappa shape index (κ3) is 3.29. The summed E-state index contributed by atoms with van der Waals surface area (Å²) in [5.41, 5.74) is 2.26. The van der Waals surface area contributed by atoms with E-state index >= 15 is 0 Å². The number of fused-ring (bicyclic) bond motifs is 1. The van der Waals surface area contributed by atoms with Crippen LogP contribution in [0.4, 0.5) is 5.82 Å². The van der Waals surface area contributed by atoms with Gasteiger partial charge in [-0.05, 0) is 42.5 Å². The van der Waals surface area contributed by atoms with Gasteiger partial charge in [0.05, 0.1) is 6.61 Å². The number of hydrogen-bond donors (Lipinski definition) is 0. The Morgan fingerprint density at radius 2 is 2.00 bits per heavy atom. The van der Waals surface area contributed by atoms with Crippen molar-refractivity contribution in [3.8, 4) is 0 Å². The predicted molar refractivity (Wildman–Crippen MR) is 98.9 cm³/mol. The minimum atomic E-state index is -0.450. The van der Waals surface area contributed by atoms with Gasteiger partial charge in [-0.1, -0.05) is 24.3 Å². The molecule has 1 amide bonds. The summed E-state index contributed by atoms with van der Waals surface area (Å²) < 4.78 is 5.84. The van der Waals surface area contributed by atoms with Crippen molar-refractivity contribution in [2.24, 2.45) is 0 Å². The molecule has 0 radical (unpaired) electrons. The number of amides is 1. The first-order chi connectivity index (χ1) is 12.7. The first-order valence-corrected chi connectivity index (χ1v) is 9.23. The number of nitrogens with zero attached hydrogens (tertiary/aromatic N) is 4. The number of likely N-dealkylation sites (tertiary alicyclic amines) is 1. The molecule has 0 N–H and O–H groups in total. The zero-order valence-electron chi connectivity index (χ0n) is 15.0. The largest absolute Gasteiger partial charge is 0.363 e. The van der Waals surface area contributed by atoms with Gasteiger partial charge in [-0.15, -0.1) is 5.10 Å². The smallest absolute Gasteiger partial charge is 0.256 e. The van der Waals surface area contributed by atoms with E-state index in [-0.39, 0.29) is 5.91 Å². The zero-order chi connectivity index (χ0) is 17.9. The first kappa shape index (κ1) is 17.0.